The standard InChI is InChI=1S/C14H16N2/c1-13-14(2)16-12-10-8-6-4-3-5-7-9-11-15-13/h3-4,7-12H,1-2,5-6H2/b4-3-,9-7-,10-8-,15-11?,16-12?. The number of hydrogen-bond acceptors (Lipinski definition) is 2. The Hall–Kier alpha value is -1.96. The van der Waals surface area contributed by atoms with Gasteiger partial charge in [0.2, 0.25) is 0 Å². The van der Waals surface area contributed by atoms with Crippen LogP contribution in [0.25, 0.3) is 0 Å². The molecule has 0 N–H and O–H groups in total. The van der Waals surface area contributed by atoms with Crippen molar-refractivity contribution in [3.05, 3.63) is 61.0 Å². The summed E-state index contributed by atoms with van der Waals surface area (Å²) >= 11 is 0. The van der Waals surface area contributed by atoms with E-state index in [0.29, 0.717) is 11.4 Å². The van der Waals surface area contributed by atoms with E-state index >= 15 is 0 Å². The normalized spacial score (nSPS) is 23.8. The van der Waals surface area contributed by atoms with E-state index in [1.165, 1.54) is 0 Å². The largest absolute Gasteiger partial charge is 0.255 e. The van der Waals surface area contributed by atoms with Crippen molar-refractivity contribution in [1.29, 1.82) is 0 Å². The minimum Gasteiger partial charge on any atom is -0.255 e. The Morgan fingerprint density at radius 2 is 1.19 bits per heavy atom. The molecule has 0 saturated heterocycles. The summed E-state index contributed by atoms with van der Waals surface area (Å²) in [6, 6.07) is 0. The smallest absolute Gasteiger partial charge is 0.0808 e. The third-order valence-corrected chi connectivity index (χ3v) is 1.95. The molecule has 2 nitrogen and oxygen atoms in total. The number of rotatable bonds is 0. The lowest BCUT2D eigenvalue weighted by molar-refractivity contribution is 1.27. The molecule has 0 radical (unpaired) electrons. The van der Waals surface area contributed by atoms with Gasteiger partial charge in [-0.3, -0.25) is 9.98 Å². The van der Waals surface area contributed by atoms with Gasteiger partial charge >= 0.3 is 0 Å². The van der Waals surface area contributed by atoms with E-state index in [2.05, 4.69) is 35.3 Å². The molecule has 0 amide bonds. The van der Waals surface area contributed by atoms with Crippen molar-refractivity contribution >= 4 is 12.4 Å². The van der Waals surface area contributed by atoms with Crippen molar-refractivity contribution < 1.29 is 0 Å². The Morgan fingerprint density at radius 3 is 1.62 bits per heavy atom. The van der Waals surface area contributed by atoms with Gasteiger partial charge in [-0.15, -0.1) is 0 Å². The molecule has 0 fully saturated rings. The van der Waals surface area contributed by atoms with Crippen molar-refractivity contribution in [2.75, 3.05) is 0 Å². The monoisotopic (exact) mass is 212 g/mol. The van der Waals surface area contributed by atoms with Crippen molar-refractivity contribution in [2.45, 2.75) is 12.8 Å². The molecule has 82 valence electrons. The maximum atomic E-state index is 4.12. The van der Waals surface area contributed by atoms with Crippen LogP contribution in [0.4, 0.5) is 0 Å². The second-order valence-corrected chi connectivity index (χ2v) is 3.25. The molecule has 0 aromatic rings. The molecule has 16 heavy (non-hydrogen) atoms. The van der Waals surface area contributed by atoms with Gasteiger partial charge in [0.1, 0.15) is 0 Å². The van der Waals surface area contributed by atoms with Gasteiger partial charge in [-0.05, 0) is 25.0 Å². The lowest BCUT2D eigenvalue weighted by atomic mass is 10.3. The molecule has 0 bridgehead atoms. The van der Waals surface area contributed by atoms with Gasteiger partial charge in [0.15, 0.2) is 0 Å². The van der Waals surface area contributed by atoms with Crippen LogP contribution in [0, 0.1) is 0 Å². The maximum absolute atomic E-state index is 4.12. The van der Waals surface area contributed by atoms with Gasteiger partial charge in [0, 0.05) is 12.4 Å². The average Bonchev–Trinajstić information content (AvgIpc) is 2.29. The second-order valence-electron chi connectivity index (χ2n) is 3.25. The summed E-state index contributed by atoms with van der Waals surface area (Å²) in [5.41, 5.74) is 1.17. The SMILES string of the molecule is C=C1N=C/C=C\C/C=C\C/C=C\C=NC1=C. The van der Waals surface area contributed by atoms with Crippen LogP contribution in [-0.2, 0) is 0 Å². The predicted octanol–water partition coefficient (Wildman–Crippen LogP) is 3.62. The van der Waals surface area contributed by atoms with Crippen LogP contribution < -0.4 is 0 Å². The molecule has 1 aliphatic heterocycles. The summed E-state index contributed by atoms with van der Waals surface area (Å²) < 4.78 is 0. The number of allylic oxidation sites excluding steroid dienone is 6. The van der Waals surface area contributed by atoms with E-state index in [-0.39, 0.29) is 0 Å². The molecule has 0 unspecified atom stereocenters. The Bertz CT molecular complexity index is 355. The van der Waals surface area contributed by atoms with E-state index in [0.717, 1.165) is 12.8 Å². The van der Waals surface area contributed by atoms with E-state index < -0.39 is 0 Å². The van der Waals surface area contributed by atoms with E-state index in [4.69, 9.17) is 0 Å². The highest BCUT2D eigenvalue weighted by atomic mass is 14.8. The molecule has 2 heteroatoms. The Kier molecular flexibility index (Phi) is 5.56. The number of nitrogens with zero attached hydrogens (tertiary/aromatic N) is 2. The van der Waals surface area contributed by atoms with Crippen molar-refractivity contribution in [1.82, 2.24) is 0 Å². The van der Waals surface area contributed by atoms with Gasteiger partial charge in [-0.1, -0.05) is 37.5 Å². The fourth-order valence-electron chi connectivity index (χ4n) is 1.04. The summed E-state index contributed by atoms with van der Waals surface area (Å²) in [4.78, 5) is 8.25. The van der Waals surface area contributed by atoms with Gasteiger partial charge in [-0.25, -0.2) is 0 Å². The summed E-state index contributed by atoms with van der Waals surface area (Å²) in [6.07, 6.45) is 17.3. The van der Waals surface area contributed by atoms with Crippen molar-refractivity contribution in [3.8, 4) is 0 Å². The minimum absolute atomic E-state index is 0.585. The Labute approximate surface area is 96.8 Å². The number of hydrogen-bond donors (Lipinski definition) is 0. The van der Waals surface area contributed by atoms with Gasteiger partial charge in [0.25, 0.3) is 0 Å². The second kappa shape index (κ2) is 7.35. The third-order valence-electron chi connectivity index (χ3n) is 1.95. The first-order chi connectivity index (χ1) is 7.80. The average molecular weight is 212 g/mol. The Morgan fingerprint density at radius 1 is 0.750 bits per heavy atom. The van der Waals surface area contributed by atoms with Crippen LogP contribution in [-0.4, -0.2) is 12.4 Å². The minimum atomic E-state index is 0.585. The van der Waals surface area contributed by atoms with Crippen molar-refractivity contribution in [3.63, 3.8) is 0 Å². The summed E-state index contributed by atoms with van der Waals surface area (Å²) in [5.74, 6) is 0. The summed E-state index contributed by atoms with van der Waals surface area (Å²) in [6.45, 7) is 7.56. The summed E-state index contributed by atoms with van der Waals surface area (Å²) in [5, 5.41) is 0. The van der Waals surface area contributed by atoms with Crippen LogP contribution >= 0.6 is 0 Å². The highest BCUT2D eigenvalue weighted by molar-refractivity contribution is 5.74. The van der Waals surface area contributed by atoms with Crippen LogP contribution in [0.15, 0.2) is 71.0 Å². The zero-order chi connectivity index (χ0) is 11.6. The van der Waals surface area contributed by atoms with Crippen LogP contribution in [0.1, 0.15) is 12.8 Å². The zero-order valence-corrected chi connectivity index (χ0v) is 9.34. The van der Waals surface area contributed by atoms with E-state index in [1.807, 2.05) is 24.3 Å². The maximum Gasteiger partial charge on any atom is 0.0808 e. The highest BCUT2D eigenvalue weighted by Crippen LogP contribution is 2.06. The van der Waals surface area contributed by atoms with Crippen LogP contribution in [0.5, 0.6) is 0 Å². The zero-order valence-electron chi connectivity index (χ0n) is 9.34. The molecule has 0 aromatic heterocycles. The predicted molar refractivity (Wildman–Crippen MR) is 71.9 cm³/mol. The lowest BCUT2D eigenvalue weighted by Crippen LogP contribution is -1.81. The molecule has 1 aliphatic rings. The van der Waals surface area contributed by atoms with Gasteiger partial charge < -0.3 is 0 Å². The van der Waals surface area contributed by atoms with Crippen LogP contribution in [0.3, 0.4) is 0 Å². The first-order valence-corrected chi connectivity index (χ1v) is 5.22. The molecule has 0 spiro atoms. The fraction of sp³-hybridized carbons (Fsp3) is 0.143. The van der Waals surface area contributed by atoms with Gasteiger partial charge in [-0.2, -0.15) is 0 Å². The quantitative estimate of drug-likeness (QED) is 0.548. The molecule has 1 heterocycles. The lowest BCUT2D eigenvalue weighted by Gasteiger charge is -1.95. The van der Waals surface area contributed by atoms with Crippen LogP contribution in [0.2, 0.25) is 0 Å². The first kappa shape index (κ1) is 12.1. The third kappa shape index (κ3) is 5.05. The number of aliphatic imine (C=N–C) groups is 2. The topological polar surface area (TPSA) is 24.7 Å². The molecule has 0 atom stereocenters. The highest BCUT2D eigenvalue weighted by Gasteiger charge is 1.91. The summed E-state index contributed by atoms with van der Waals surface area (Å²) in [7, 11) is 0. The van der Waals surface area contributed by atoms with Gasteiger partial charge in [0.05, 0.1) is 11.4 Å². The molecule has 0 saturated carbocycles. The fourth-order valence-corrected chi connectivity index (χ4v) is 1.04. The molecule has 1 rings (SSSR count). The molecule has 0 aromatic carbocycles. The first-order valence-electron chi connectivity index (χ1n) is 5.22. The van der Waals surface area contributed by atoms with E-state index in [9.17, 15) is 0 Å². The Balaban J connectivity index is 2.75. The van der Waals surface area contributed by atoms with Crippen molar-refractivity contribution in [2.24, 2.45) is 9.98 Å². The molecular formula is C14H16N2. The molecule has 0 aliphatic carbocycles. The molecular weight excluding hydrogens is 196 g/mol. The van der Waals surface area contributed by atoms with E-state index in [1.54, 1.807) is 12.4 Å².